The number of carbonyl (C=O) groups is 1. The van der Waals surface area contributed by atoms with Crippen LogP contribution in [-0.2, 0) is 0 Å². The van der Waals surface area contributed by atoms with E-state index in [4.69, 9.17) is 9.47 Å². The Kier molecular flexibility index (Phi) is 11.2. The van der Waals surface area contributed by atoms with E-state index in [-0.39, 0.29) is 6.10 Å². The Bertz CT molecular complexity index is 489. The smallest absolute Gasteiger partial charge is 0.413 e. The van der Waals surface area contributed by atoms with Crippen molar-refractivity contribution < 1.29 is 14.3 Å². The van der Waals surface area contributed by atoms with Crippen LogP contribution in [0.1, 0.15) is 53.4 Å². The van der Waals surface area contributed by atoms with Gasteiger partial charge in [0.05, 0.1) is 12.0 Å². The third-order valence-electron chi connectivity index (χ3n) is 3.40. The fourth-order valence-electron chi connectivity index (χ4n) is 2.11. The van der Waals surface area contributed by atoms with E-state index < -0.39 is 6.09 Å². The minimum absolute atomic E-state index is 0.0223. The number of hydrogen-bond donors (Lipinski definition) is 1. The van der Waals surface area contributed by atoms with Gasteiger partial charge in [0.1, 0.15) is 0 Å². The zero-order chi connectivity index (χ0) is 18.5. The molecule has 0 unspecified atom stereocenters. The molecule has 1 amide bonds. The minimum atomic E-state index is -0.460. The van der Waals surface area contributed by atoms with Crippen LogP contribution < -0.4 is 14.8 Å². The van der Waals surface area contributed by atoms with Crippen molar-refractivity contribution in [3.8, 4) is 11.5 Å². The molecular formula is C19H32N2O3S. The molecule has 6 heteroatoms. The van der Waals surface area contributed by atoms with Crippen LogP contribution in [0.15, 0.2) is 24.3 Å². The number of nitrogens with zero attached hydrogens (tertiary/aromatic N) is 1. The van der Waals surface area contributed by atoms with Gasteiger partial charge in [0.15, 0.2) is 11.5 Å². The third kappa shape index (κ3) is 9.60. The number of nitrogens with one attached hydrogen (secondary N) is 1. The molecule has 0 fully saturated rings. The molecule has 0 saturated heterocycles. The molecule has 142 valence electrons. The zero-order valence-corrected chi connectivity index (χ0v) is 16.7. The molecule has 0 aromatic heterocycles. The maximum Gasteiger partial charge on any atom is 0.413 e. The second-order valence-corrected chi connectivity index (χ2v) is 7.15. The van der Waals surface area contributed by atoms with Crippen molar-refractivity contribution in [1.82, 2.24) is 9.62 Å². The van der Waals surface area contributed by atoms with Crippen molar-refractivity contribution in [2.75, 3.05) is 19.0 Å². The first-order chi connectivity index (χ1) is 12.1. The van der Waals surface area contributed by atoms with E-state index in [0.29, 0.717) is 17.4 Å². The number of unbranched alkanes of at least 4 members (excludes halogenated alkanes) is 2. The highest BCUT2D eigenvalue weighted by molar-refractivity contribution is 7.96. The van der Waals surface area contributed by atoms with Gasteiger partial charge in [-0.1, -0.05) is 50.8 Å². The van der Waals surface area contributed by atoms with E-state index in [9.17, 15) is 4.79 Å². The van der Waals surface area contributed by atoms with Gasteiger partial charge in [-0.3, -0.25) is 0 Å². The molecule has 1 N–H and O–H groups in total. The van der Waals surface area contributed by atoms with Gasteiger partial charge >= 0.3 is 6.09 Å². The second kappa shape index (κ2) is 12.9. The molecule has 5 nitrogen and oxygen atoms in total. The molecule has 0 aliphatic carbocycles. The van der Waals surface area contributed by atoms with Gasteiger partial charge in [-0.2, -0.15) is 0 Å². The first kappa shape index (κ1) is 21.6. The molecule has 0 aliphatic rings. The highest BCUT2D eigenvalue weighted by Crippen LogP contribution is 2.27. The van der Waals surface area contributed by atoms with Crippen molar-refractivity contribution in [2.24, 2.45) is 0 Å². The standard InChI is InChI=1S/C19H32N2O3S/c1-5-7-13-21(14-8-6-2)25-15-20-19(22)24-18-12-10-9-11-17(18)23-16(3)4/h9-12,16H,5-8,13-15H2,1-4H3,(H,20,22). The van der Waals surface area contributed by atoms with Crippen molar-refractivity contribution >= 4 is 18.0 Å². The fraction of sp³-hybridized carbons (Fsp3) is 0.632. The average Bonchev–Trinajstić information content (AvgIpc) is 2.58. The first-order valence-corrected chi connectivity index (χ1v) is 10.1. The summed E-state index contributed by atoms with van der Waals surface area (Å²) in [6.45, 7) is 10.3. The van der Waals surface area contributed by atoms with E-state index in [1.807, 2.05) is 26.0 Å². The summed E-state index contributed by atoms with van der Waals surface area (Å²) in [4.78, 5) is 12.0. The molecule has 0 bridgehead atoms. The minimum Gasteiger partial charge on any atom is -0.487 e. The molecule has 1 aromatic carbocycles. The lowest BCUT2D eigenvalue weighted by molar-refractivity contribution is 0.193. The van der Waals surface area contributed by atoms with Crippen LogP contribution in [0.3, 0.4) is 0 Å². The number of benzene rings is 1. The van der Waals surface area contributed by atoms with Crippen LogP contribution in [0, 0.1) is 0 Å². The number of ether oxygens (including phenoxy) is 2. The number of carbonyl (C=O) groups excluding carboxylic acids is 1. The summed E-state index contributed by atoms with van der Waals surface area (Å²) in [6, 6.07) is 7.22. The van der Waals surface area contributed by atoms with Crippen LogP contribution in [0.5, 0.6) is 11.5 Å². The van der Waals surface area contributed by atoms with E-state index in [1.54, 1.807) is 24.1 Å². The molecule has 0 spiro atoms. The van der Waals surface area contributed by atoms with Gasteiger partial charge in [0.2, 0.25) is 0 Å². The van der Waals surface area contributed by atoms with Crippen LogP contribution in [-0.4, -0.2) is 35.5 Å². The number of rotatable bonds is 12. The highest BCUT2D eigenvalue weighted by Gasteiger charge is 2.11. The lowest BCUT2D eigenvalue weighted by atomic mass is 10.3. The topological polar surface area (TPSA) is 50.8 Å². The molecule has 0 saturated carbocycles. The molecule has 0 aliphatic heterocycles. The molecular weight excluding hydrogens is 336 g/mol. The van der Waals surface area contributed by atoms with Gasteiger partial charge in [-0.05, 0) is 38.8 Å². The van der Waals surface area contributed by atoms with Gasteiger partial charge < -0.3 is 14.8 Å². The summed E-state index contributed by atoms with van der Waals surface area (Å²) < 4.78 is 13.4. The predicted molar refractivity (Wildman–Crippen MR) is 105 cm³/mol. The Morgan fingerprint density at radius 1 is 1.12 bits per heavy atom. The second-order valence-electron chi connectivity index (χ2n) is 6.09. The summed E-state index contributed by atoms with van der Waals surface area (Å²) in [5.41, 5.74) is 0. The van der Waals surface area contributed by atoms with E-state index >= 15 is 0 Å². The van der Waals surface area contributed by atoms with Crippen LogP contribution in [0.2, 0.25) is 0 Å². The Labute approximate surface area is 156 Å². The van der Waals surface area contributed by atoms with Gasteiger partial charge in [0, 0.05) is 13.1 Å². The van der Waals surface area contributed by atoms with Crippen molar-refractivity contribution in [3.05, 3.63) is 24.3 Å². The maximum absolute atomic E-state index is 12.0. The van der Waals surface area contributed by atoms with Crippen LogP contribution in [0.25, 0.3) is 0 Å². The predicted octanol–water partition coefficient (Wildman–Crippen LogP) is 5.07. The maximum atomic E-state index is 12.0. The van der Waals surface area contributed by atoms with Gasteiger partial charge in [-0.25, -0.2) is 9.10 Å². The lowest BCUT2D eigenvalue weighted by Gasteiger charge is -2.20. The average molecular weight is 369 g/mol. The SMILES string of the molecule is CCCCN(CCCC)SCNC(=O)Oc1ccccc1OC(C)C. The van der Waals surface area contributed by atoms with Crippen LogP contribution >= 0.6 is 11.9 Å². The van der Waals surface area contributed by atoms with Gasteiger partial charge in [0.25, 0.3) is 0 Å². The van der Waals surface area contributed by atoms with Crippen LogP contribution in [0.4, 0.5) is 4.79 Å². The molecule has 0 atom stereocenters. The number of hydrogen-bond acceptors (Lipinski definition) is 5. The molecule has 0 heterocycles. The summed E-state index contributed by atoms with van der Waals surface area (Å²) in [5.74, 6) is 1.51. The van der Waals surface area contributed by atoms with E-state index in [2.05, 4.69) is 23.5 Å². The van der Waals surface area contributed by atoms with Crippen molar-refractivity contribution in [1.29, 1.82) is 0 Å². The Morgan fingerprint density at radius 3 is 2.28 bits per heavy atom. The highest BCUT2D eigenvalue weighted by atomic mass is 32.2. The largest absolute Gasteiger partial charge is 0.487 e. The lowest BCUT2D eigenvalue weighted by Crippen LogP contribution is -2.29. The van der Waals surface area contributed by atoms with E-state index in [1.165, 1.54) is 25.7 Å². The van der Waals surface area contributed by atoms with Crippen molar-refractivity contribution in [2.45, 2.75) is 59.5 Å². The van der Waals surface area contributed by atoms with Crippen molar-refractivity contribution in [3.63, 3.8) is 0 Å². The normalized spacial score (nSPS) is 11.0. The molecule has 1 aromatic rings. The third-order valence-corrected chi connectivity index (χ3v) is 4.40. The summed E-state index contributed by atoms with van der Waals surface area (Å²) in [5, 5.41) is 2.80. The quantitative estimate of drug-likeness (QED) is 0.412. The zero-order valence-electron chi connectivity index (χ0n) is 15.9. The van der Waals surface area contributed by atoms with Gasteiger partial charge in [-0.15, -0.1) is 0 Å². The molecule has 0 radical (unpaired) electrons. The number of amides is 1. The molecule has 25 heavy (non-hydrogen) atoms. The fourth-order valence-corrected chi connectivity index (χ4v) is 3.00. The first-order valence-electron chi connectivity index (χ1n) is 9.16. The Hall–Kier alpha value is -1.40. The summed E-state index contributed by atoms with van der Waals surface area (Å²) >= 11 is 1.65. The molecule has 1 rings (SSSR count). The summed E-state index contributed by atoms with van der Waals surface area (Å²) in [7, 11) is 0. The monoisotopic (exact) mass is 368 g/mol. The Balaban J connectivity index is 2.43. The Morgan fingerprint density at radius 2 is 1.72 bits per heavy atom. The van der Waals surface area contributed by atoms with E-state index in [0.717, 1.165) is 13.1 Å². The summed E-state index contributed by atoms with van der Waals surface area (Å²) in [6.07, 6.45) is 4.24. The number of para-hydroxylation sites is 2.